The summed E-state index contributed by atoms with van der Waals surface area (Å²) in [5.41, 5.74) is 9.73. The van der Waals surface area contributed by atoms with Crippen LogP contribution >= 0.6 is 11.6 Å². The van der Waals surface area contributed by atoms with E-state index in [1.807, 2.05) is 37.3 Å². The third-order valence-corrected chi connectivity index (χ3v) is 2.90. The molecule has 0 saturated heterocycles. The lowest BCUT2D eigenvalue weighted by Gasteiger charge is -2.12. The van der Waals surface area contributed by atoms with Crippen LogP contribution in [0, 0.1) is 6.92 Å². The van der Waals surface area contributed by atoms with Crippen LogP contribution in [0.15, 0.2) is 36.4 Å². The van der Waals surface area contributed by atoms with Gasteiger partial charge in [0.25, 0.3) is 0 Å². The highest BCUT2D eigenvalue weighted by Gasteiger charge is 2.09. The van der Waals surface area contributed by atoms with Gasteiger partial charge in [0.2, 0.25) is 0 Å². The second-order valence-corrected chi connectivity index (χ2v) is 4.37. The summed E-state index contributed by atoms with van der Waals surface area (Å²) in [4.78, 5) is 0. The molecular formula is C14H14ClNO. The van der Waals surface area contributed by atoms with E-state index in [0.29, 0.717) is 5.02 Å². The third-order valence-electron chi connectivity index (χ3n) is 2.66. The van der Waals surface area contributed by atoms with Crippen LogP contribution in [0.25, 0.3) is 11.1 Å². The van der Waals surface area contributed by atoms with Gasteiger partial charge in [-0.3, -0.25) is 0 Å². The fourth-order valence-corrected chi connectivity index (χ4v) is 1.97. The number of methoxy groups -OCH3 is 1. The summed E-state index contributed by atoms with van der Waals surface area (Å²) in [5.74, 6) is 0.770. The van der Waals surface area contributed by atoms with E-state index in [0.717, 1.165) is 28.1 Å². The number of halogens is 1. The first-order valence-corrected chi connectivity index (χ1v) is 5.69. The number of nitrogen functional groups attached to an aromatic ring is 1. The minimum atomic E-state index is 0.668. The van der Waals surface area contributed by atoms with Crippen LogP contribution < -0.4 is 10.5 Å². The Balaban J connectivity index is 2.66. The van der Waals surface area contributed by atoms with Crippen LogP contribution in [-0.4, -0.2) is 7.11 Å². The molecule has 0 heterocycles. The molecule has 2 rings (SSSR count). The molecule has 0 fully saturated rings. The Bertz CT molecular complexity index is 552. The van der Waals surface area contributed by atoms with Gasteiger partial charge >= 0.3 is 0 Å². The summed E-state index contributed by atoms with van der Waals surface area (Å²) in [6.07, 6.45) is 0. The zero-order chi connectivity index (χ0) is 12.4. The monoisotopic (exact) mass is 247 g/mol. The van der Waals surface area contributed by atoms with Gasteiger partial charge in [-0.2, -0.15) is 0 Å². The Morgan fingerprint density at radius 3 is 2.53 bits per heavy atom. The Morgan fingerprint density at radius 2 is 1.82 bits per heavy atom. The maximum Gasteiger partial charge on any atom is 0.126 e. The summed E-state index contributed by atoms with van der Waals surface area (Å²) in [6.45, 7) is 2.03. The van der Waals surface area contributed by atoms with Gasteiger partial charge < -0.3 is 10.5 Å². The normalized spacial score (nSPS) is 10.3. The van der Waals surface area contributed by atoms with Gasteiger partial charge in [0.1, 0.15) is 5.75 Å². The number of nitrogens with two attached hydrogens (primary N) is 1. The average molecular weight is 248 g/mol. The molecule has 2 N–H and O–H groups in total. The zero-order valence-corrected chi connectivity index (χ0v) is 10.6. The van der Waals surface area contributed by atoms with Gasteiger partial charge in [0, 0.05) is 21.8 Å². The van der Waals surface area contributed by atoms with Crippen LogP contribution in [0.3, 0.4) is 0 Å². The predicted octanol–water partition coefficient (Wildman–Crippen LogP) is 3.91. The molecule has 0 aliphatic rings. The van der Waals surface area contributed by atoms with Crippen molar-refractivity contribution in [2.45, 2.75) is 6.92 Å². The van der Waals surface area contributed by atoms with Crippen LogP contribution in [0.1, 0.15) is 5.56 Å². The largest absolute Gasteiger partial charge is 0.496 e. The molecule has 0 amide bonds. The first-order valence-electron chi connectivity index (χ1n) is 5.32. The molecule has 88 valence electrons. The molecular weight excluding hydrogens is 234 g/mol. The summed E-state index contributed by atoms with van der Waals surface area (Å²) in [5, 5.41) is 0.668. The van der Waals surface area contributed by atoms with Crippen LogP contribution in [-0.2, 0) is 0 Å². The van der Waals surface area contributed by atoms with Crippen LogP contribution in [0.2, 0.25) is 5.02 Å². The van der Waals surface area contributed by atoms with Crippen molar-refractivity contribution in [1.82, 2.24) is 0 Å². The number of aryl methyl sites for hydroxylation is 1. The van der Waals surface area contributed by atoms with Crippen molar-refractivity contribution in [3.63, 3.8) is 0 Å². The highest BCUT2D eigenvalue weighted by Crippen LogP contribution is 2.36. The van der Waals surface area contributed by atoms with Crippen molar-refractivity contribution >= 4 is 17.3 Å². The molecule has 0 aliphatic heterocycles. The Labute approximate surface area is 106 Å². The summed E-state index contributed by atoms with van der Waals surface area (Å²) < 4.78 is 5.34. The lowest BCUT2D eigenvalue weighted by atomic mass is 10.0. The number of benzene rings is 2. The van der Waals surface area contributed by atoms with E-state index in [4.69, 9.17) is 22.1 Å². The van der Waals surface area contributed by atoms with Crippen molar-refractivity contribution in [2.24, 2.45) is 0 Å². The predicted molar refractivity (Wildman–Crippen MR) is 72.6 cm³/mol. The Morgan fingerprint density at radius 1 is 1.06 bits per heavy atom. The van der Waals surface area contributed by atoms with Crippen molar-refractivity contribution in [3.05, 3.63) is 47.0 Å². The van der Waals surface area contributed by atoms with E-state index in [9.17, 15) is 0 Å². The lowest BCUT2D eigenvalue weighted by molar-refractivity contribution is 0.416. The Hall–Kier alpha value is -1.67. The van der Waals surface area contributed by atoms with E-state index in [1.165, 1.54) is 0 Å². The highest BCUT2D eigenvalue weighted by atomic mass is 35.5. The molecule has 0 aliphatic carbocycles. The van der Waals surface area contributed by atoms with Gasteiger partial charge in [-0.1, -0.05) is 23.2 Å². The maximum atomic E-state index is 6.02. The van der Waals surface area contributed by atoms with E-state index >= 15 is 0 Å². The quantitative estimate of drug-likeness (QED) is 0.817. The molecule has 2 aromatic rings. The van der Waals surface area contributed by atoms with Gasteiger partial charge in [0.15, 0.2) is 0 Å². The van der Waals surface area contributed by atoms with Crippen molar-refractivity contribution < 1.29 is 4.74 Å². The van der Waals surface area contributed by atoms with Crippen molar-refractivity contribution in [1.29, 1.82) is 0 Å². The molecule has 17 heavy (non-hydrogen) atoms. The molecule has 0 saturated carbocycles. The highest BCUT2D eigenvalue weighted by molar-refractivity contribution is 6.31. The van der Waals surface area contributed by atoms with Gasteiger partial charge in [0.05, 0.1) is 7.11 Å². The van der Waals surface area contributed by atoms with Crippen LogP contribution in [0.5, 0.6) is 5.75 Å². The van der Waals surface area contributed by atoms with Gasteiger partial charge in [-0.05, 0) is 37.3 Å². The molecule has 2 aromatic carbocycles. The van der Waals surface area contributed by atoms with Gasteiger partial charge in [-0.25, -0.2) is 0 Å². The number of rotatable bonds is 2. The molecule has 2 nitrogen and oxygen atoms in total. The number of hydrogen-bond acceptors (Lipinski definition) is 2. The first kappa shape index (κ1) is 11.8. The number of anilines is 1. The SMILES string of the molecule is COc1ccc(Cl)cc1-c1cc(C)ccc1N. The maximum absolute atomic E-state index is 6.02. The molecule has 0 bridgehead atoms. The third kappa shape index (κ3) is 2.37. The van der Waals surface area contributed by atoms with Crippen LogP contribution in [0.4, 0.5) is 5.69 Å². The van der Waals surface area contributed by atoms with Crippen molar-refractivity contribution in [2.75, 3.05) is 12.8 Å². The summed E-state index contributed by atoms with van der Waals surface area (Å²) in [7, 11) is 1.64. The minimum absolute atomic E-state index is 0.668. The second-order valence-electron chi connectivity index (χ2n) is 3.94. The van der Waals surface area contributed by atoms with E-state index in [1.54, 1.807) is 13.2 Å². The van der Waals surface area contributed by atoms with E-state index in [-0.39, 0.29) is 0 Å². The van der Waals surface area contributed by atoms with E-state index < -0.39 is 0 Å². The molecule has 0 spiro atoms. The zero-order valence-electron chi connectivity index (χ0n) is 9.83. The lowest BCUT2D eigenvalue weighted by Crippen LogP contribution is -1.93. The van der Waals surface area contributed by atoms with E-state index in [2.05, 4.69) is 0 Å². The molecule has 0 atom stereocenters. The number of hydrogen-bond donors (Lipinski definition) is 1. The van der Waals surface area contributed by atoms with Gasteiger partial charge in [-0.15, -0.1) is 0 Å². The molecule has 0 radical (unpaired) electrons. The summed E-state index contributed by atoms with van der Waals surface area (Å²) >= 11 is 6.02. The standard InChI is InChI=1S/C14H14ClNO/c1-9-3-5-13(16)11(7-9)12-8-10(15)4-6-14(12)17-2/h3-8H,16H2,1-2H3. The molecule has 0 aromatic heterocycles. The summed E-state index contributed by atoms with van der Waals surface area (Å²) in [6, 6.07) is 11.4. The fraction of sp³-hybridized carbons (Fsp3) is 0.143. The minimum Gasteiger partial charge on any atom is -0.496 e. The fourth-order valence-electron chi connectivity index (χ4n) is 1.79. The Kier molecular flexibility index (Phi) is 3.25. The molecule has 0 unspecified atom stereocenters. The first-order chi connectivity index (χ1) is 8.11. The van der Waals surface area contributed by atoms with Crippen molar-refractivity contribution in [3.8, 4) is 16.9 Å². The topological polar surface area (TPSA) is 35.2 Å². The second kappa shape index (κ2) is 4.68. The smallest absolute Gasteiger partial charge is 0.126 e. The average Bonchev–Trinajstić information content (AvgIpc) is 2.32. The number of ether oxygens (including phenoxy) is 1. The molecule has 3 heteroatoms.